The largest absolute Gasteiger partial charge is 0.356 e. The molecular formula is C12H18N2O. The average Bonchev–Trinajstić information content (AvgIpc) is 2.29. The molecular weight excluding hydrogens is 188 g/mol. The third-order valence-corrected chi connectivity index (χ3v) is 2.50. The first kappa shape index (κ1) is 11.7. The molecule has 1 aromatic rings. The van der Waals surface area contributed by atoms with Crippen LogP contribution in [0.4, 0.5) is 0 Å². The normalized spacial score (nSPS) is 12.1. The third kappa shape index (κ3) is 4.11. The number of hydrogen-bond donors (Lipinski definition) is 1. The Morgan fingerprint density at radius 1 is 1.60 bits per heavy atom. The van der Waals surface area contributed by atoms with E-state index in [1.54, 1.807) is 6.20 Å². The van der Waals surface area contributed by atoms with Gasteiger partial charge in [0.15, 0.2) is 0 Å². The lowest BCUT2D eigenvalue weighted by Crippen LogP contribution is -2.30. The molecule has 0 radical (unpaired) electrons. The van der Waals surface area contributed by atoms with Crippen molar-refractivity contribution in [2.24, 2.45) is 5.92 Å². The molecule has 0 aliphatic rings. The predicted molar refractivity (Wildman–Crippen MR) is 60.4 cm³/mol. The Bertz CT molecular complexity index is 298. The molecule has 0 saturated carbocycles. The molecule has 0 aliphatic carbocycles. The summed E-state index contributed by atoms with van der Waals surface area (Å²) in [6, 6.07) is 3.92. The minimum atomic E-state index is 0.110. The molecule has 0 spiro atoms. The van der Waals surface area contributed by atoms with E-state index in [0.717, 1.165) is 18.4 Å². The second kappa shape index (κ2) is 6.17. The van der Waals surface area contributed by atoms with Crippen LogP contribution in [0.5, 0.6) is 0 Å². The zero-order valence-electron chi connectivity index (χ0n) is 9.36. The topological polar surface area (TPSA) is 42.0 Å². The molecule has 1 aromatic heterocycles. The minimum absolute atomic E-state index is 0.110. The van der Waals surface area contributed by atoms with Crippen molar-refractivity contribution in [1.82, 2.24) is 10.3 Å². The van der Waals surface area contributed by atoms with Gasteiger partial charge in [0, 0.05) is 24.9 Å². The molecule has 15 heavy (non-hydrogen) atoms. The fraction of sp³-hybridized carbons (Fsp3) is 0.500. The van der Waals surface area contributed by atoms with Crippen molar-refractivity contribution in [3.8, 4) is 0 Å². The van der Waals surface area contributed by atoms with Gasteiger partial charge in [-0.15, -0.1) is 0 Å². The molecule has 0 bridgehead atoms. The van der Waals surface area contributed by atoms with Crippen molar-refractivity contribution in [2.75, 3.05) is 6.54 Å². The van der Waals surface area contributed by atoms with E-state index in [4.69, 9.17) is 0 Å². The van der Waals surface area contributed by atoms with Crippen molar-refractivity contribution in [3.63, 3.8) is 0 Å². The Kier molecular flexibility index (Phi) is 4.81. The lowest BCUT2D eigenvalue weighted by Gasteiger charge is -2.09. The first-order valence-electron chi connectivity index (χ1n) is 5.40. The first-order chi connectivity index (χ1) is 7.24. The van der Waals surface area contributed by atoms with Crippen molar-refractivity contribution >= 4 is 5.91 Å². The molecule has 1 N–H and O–H groups in total. The fourth-order valence-electron chi connectivity index (χ4n) is 1.24. The van der Waals surface area contributed by atoms with Gasteiger partial charge >= 0.3 is 0 Å². The fourth-order valence-corrected chi connectivity index (χ4v) is 1.24. The summed E-state index contributed by atoms with van der Waals surface area (Å²) in [4.78, 5) is 15.5. The molecule has 0 aromatic carbocycles. The number of aromatic nitrogens is 1. The molecule has 1 heterocycles. The summed E-state index contributed by atoms with van der Waals surface area (Å²) in [7, 11) is 0. The van der Waals surface area contributed by atoms with Crippen LogP contribution in [-0.2, 0) is 11.2 Å². The van der Waals surface area contributed by atoms with Gasteiger partial charge in [-0.25, -0.2) is 0 Å². The van der Waals surface area contributed by atoms with Crippen LogP contribution in [0, 0.1) is 5.92 Å². The van der Waals surface area contributed by atoms with Gasteiger partial charge in [0.05, 0.1) is 0 Å². The lowest BCUT2D eigenvalue weighted by atomic mass is 10.1. The van der Waals surface area contributed by atoms with Crippen molar-refractivity contribution in [1.29, 1.82) is 0 Å². The van der Waals surface area contributed by atoms with Gasteiger partial charge < -0.3 is 5.32 Å². The van der Waals surface area contributed by atoms with E-state index in [1.165, 1.54) is 0 Å². The van der Waals surface area contributed by atoms with Gasteiger partial charge in [0.1, 0.15) is 0 Å². The summed E-state index contributed by atoms with van der Waals surface area (Å²) in [5.41, 5.74) is 1.15. The lowest BCUT2D eigenvalue weighted by molar-refractivity contribution is -0.124. The second-order valence-corrected chi connectivity index (χ2v) is 3.71. The standard InChI is InChI=1S/C12H18N2O/c1-3-10(2)12(15)14-8-6-11-5-4-7-13-9-11/h4-5,7,9-10H,3,6,8H2,1-2H3,(H,14,15). The summed E-state index contributed by atoms with van der Waals surface area (Å²) in [5.74, 6) is 0.250. The number of carbonyl (C=O) groups is 1. The average molecular weight is 206 g/mol. The molecule has 0 fully saturated rings. The minimum Gasteiger partial charge on any atom is -0.356 e. The number of nitrogens with one attached hydrogen (secondary N) is 1. The van der Waals surface area contributed by atoms with Gasteiger partial charge in [0.25, 0.3) is 0 Å². The van der Waals surface area contributed by atoms with Gasteiger partial charge in [0.2, 0.25) is 5.91 Å². The van der Waals surface area contributed by atoms with E-state index in [0.29, 0.717) is 6.54 Å². The first-order valence-corrected chi connectivity index (χ1v) is 5.40. The number of pyridine rings is 1. The molecule has 82 valence electrons. The van der Waals surface area contributed by atoms with Crippen LogP contribution in [0.15, 0.2) is 24.5 Å². The highest BCUT2D eigenvalue weighted by atomic mass is 16.1. The molecule has 3 heteroatoms. The van der Waals surface area contributed by atoms with E-state index < -0.39 is 0 Å². The Morgan fingerprint density at radius 2 is 2.40 bits per heavy atom. The van der Waals surface area contributed by atoms with E-state index in [1.807, 2.05) is 32.2 Å². The Balaban J connectivity index is 2.25. The van der Waals surface area contributed by atoms with Crippen molar-refractivity contribution in [3.05, 3.63) is 30.1 Å². The van der Waals surface area contributed by atoms with Crippen LogP contribution < -0.4 is 5.32 Å². The van der Waals surface area contributed by atoms with Crippen molar-refractivity contribution in [2.45, 2.75) is 26.7 Å². The van der Waals surface area contributed by atoms with E-state index in [-0.39, 0.29) is 11.8 Å². The van der Waals surface area contributed by atoms with Gasteiger partial charge in [-0.1, -0.05) is 19.9 Å². The van der Waals surface area contributed by atoms with E-state index in [2.05, 4.69) is 10.3 Å². The number of carbonyl (C=O) groups excluding carboxylic acids is 1. The summed E-state index contributed by atoms with van der Waals surface area (Å²) in [5, 5.41) is 2.92. The van der Waals surface area contributed by atoms with Gasteiger partial charge in [-0.05, 0) is 24.5 Å². The van der Waals surface area contributed by atoms with Crippen LogP contribution in [0.1, 0.15) is 25.8 Å². The Hall–Kier alpha value is -1.38. The van der Waals surface area contributed by atoms with Crippen molar-refractivity contribution < 1.29 is 4.79 Å². The molecule has 0 saturated heterocycles. The SMILES string of the molecule is CCC(C)C(=O)NCCc1cccnc1. The summed E-state index contributed by atoms with van der Waals surface area (Å²) in [6.07, 6.45) is 5.31. The molecule has 3 nitrogen and oxygen atoms in total. The molecule has 1 rings (SSSR count). The Labute approximate surface area is 90.9 Å². The van der Waals surface area contributed by atoms with Crippen LogP contribution in [0.2, 0.25) is 0 Å². The zero-order valence-corrected chi connectivity index (χ0v) is 9.36. The van der Waals surface area contributed by atoms with Crippen LogP contribution in [0.25, 0.3) is 0 Å². The number of nitrogens with zero attached hydrogens (tertiary/aromatic N) is 1. The number of rotatable bonds is 5. The van der Waals surface area contributed by atoms with Gasteiger partial charge in [-0.3, -0.25) is 9.78 Å². The highest BCUT2D eigenvalue weighted by Gasteiger charge is 2.08. The maximum atomic E-state index is 11.4. The highest BCUT2D eigenvalue weighted by molar-refractivity contribution is 5.78. The monoisotopic (exact) mass is 206 g/mol. The Morgan fingerprint density at radius 3 is 3.00 bits per heavy atom. The molecule has 0 aliphatic heterocycles. The molecule has 1 unspecified atom stereocenters. The maximum Gasteiger partial charge on any atom is 0.222 e. The molecule has 1 atom stereocenters. The summed E-state index contributed by atoms with van der Waals surface area (Å²) in [6.45, 7) is 4.65. The number of amides is 1. The number of hydrogen-bond acceptors (Lipinski definition) is 2. The predicted octanol–water partition coefficient (Wildman–Crippen LogP) is 1.79. The summed E-state index contributed by atoms with van der Waals surface area (Å²) >= 11 is 0. The molecule has 1 amide bonds. The van der Waals surface area contributed by atoms with Crippen LogP contribution in [0.3, 0.4) is 0 Å². The van der Waals surface area contributed by atoms with E-state index in [9.17, 15) is 4.79 Å². The quantitative estimate of drug-likeness (QED) is 0.798. The van der Waals surface area contributed by atoms with Crippen LogP contribution >= 0.6 is 0 Å². The maximum absolute atomic E-state index is 11.4. The van der Waals surface area contributed by atoms with Gasteiger partial charge in [-0.2, -0.15) is 0 Å². The zero-order chi connectivity index (χ0) is 11.1. The third-order valence-electron chi connectivity index (χ3n) is 2.50. The highest BCUT2D eigenvalue weighted by Crippen LogP contribution is 2.00. The smallest absolute Gasteiger partial charge is 0.222 e. The summed E-state index contributed by atoms with van der Waals surface area (Å²) < 4.78 is 0. The van der Waals surface area contributed by atoms with E-state index >= 15 is 0 Å². The second-order valence-electron chi connectivity index (χ2n) is 3.71. The van der Waals surface area contributed by atoms with Crippen LogP contribution in [-0.4, -0.2) is 17.4 Å².